The molecule has 0 spiro atoms. The summed E-state index contributed by atoms with van der Waals surface area (Å²) in [6.07, 6.45) is 0. The molecular formula is C10H10ClNO8S. The highest BCUT2D eigenvalue weighted by atomic mass is 35.5. The molecule has 0 aliphatic heterocycles. The van der Waals surface area contributed by atoms with Crippen molar-refractivity contribution >= 4 is 53.3 Å². The van der Waals surface area contributed by atoms with Crippen molar-refractivity contribution in [2.45, 2.75) is 11.8 Å². The quantitative estimate of drug-likeness (QED) is 0.455. The summed E-state index contributed by atoms with van der Waals surface area (Å²) in [5, 5.41) is 36.7. The summed E-state index contributed by atoms with van der Waals surface area (Å²) in [6, 6.07) is 0. The molecule has 0 saturated heterocycles. The summed E-state index contributed by atoms with van der Waals surface area (Å²) in [5.41, 5.74) is 4.67. The Kier molecular flexibility index (Phi) is 6.14. The first kappa shape index (κ1) is 18.7. The van der Waals surface area contributed by atoms with Crippen molar-refractivity contribution in [1.29, 1.82) is 0 Å². The first-order valence-electron chi connectivity index (χ1n) is 4.96. The Morgan fingerprint density at radius 2 is 1.29 bits per heavy atom. The molecule has 9 nitrogen and oxygen atoms in total. The molecule has 0 amide bonds. The molecule has 1 rings (SSSR count). The second-order valence-electron chi connectivity index (χ2n) is 3.69. The van der Waals surface area contributed by atoms with Crippen LogP contribution in [0.3, 0.4) is 0 Å². The van der Waals surface area contributed by atoms with Gasteiger partial charge in [0.1, 0.15) is 0 Å². The van der Waals surface area contributed by atoms with E-state index in [2.05, 4.69) is 0 Å². The second kappa shape index (κ2) is 6.90. The number of carbonyl (C=O) groups is 4. The van der Waals surface area contributed by atoms with Gasteiger partial charge in [0, 0.05) is 21.5 Å². The summed E-state index contributed by atoms with van der Waals surface area (Å²) < 4.78 is 0. The SMILES string of the molecule is Cl.Nc1csc(C(C(=O)O)C(=O)O)c1C(C(=O)O)C(=O)O. The number of rotatable bonds is 6. The number of nitrogen functional groups attached to an aromatic ring is 1. The van der Waals surface area contributed by atoms with Gasteiger partial charge in [-0.25, -0.2) is 0 Å². The van der Waals surface area contributed by atoms with Crippen molar-refractivity contribution < 1.29 is 39.6 Å². The van der Waals surface area contributed by atoms with Gasteiger partial charge in [0.15, 0.2) is 11.8 Å². The van der Waals surface area contributed by atoms with Crippen LogP contribution in [0.25, 0.3) is 0 Å². The van der Waals surface area contributed by atoms with Crippen molar-refractivity contribution in [3.05, 3.63) is 15.8 Å². The van der Waals surface area contributed by atoms with E-state index in [4.69, 9.17) is 26.2 Å². The lowest BCUT2D eigenvalue weighted by molar-refractivity contribution is -0.152. The van der Waals surface area contributed by atoms with Gasteiger partial charge in [0.05, 0.1) is 0 Å². The Bertz CT molecular complexity index is 570. The topological polar surface area (TPSA) is 175 Å². The molecule has 1 aromatic heterocycles. The highest BCUT2D eigenvalue weighted by Gasteiger charge is 2.39. The molecule has 0 fully saturated rings. The van der Waals surface area contributed by atoms with Crippen LogP contribution >= 0.6 is 23.7 Å². The fourth-order valence-corrected chi connectivity index (χ4v) is 2.69. The first-order valence-corrected chi connectivity index (χ1v) is 5.84. The van der Waals surface area contributed by atoms with Gasteiger partial charge in [-0.1, -0.05) is 0 Å². The number of aliphatic carboxylic acids is 4. The molecule has 0 atom stereocenters. The Hall–Kier alpha value is -2.33. The molecule has 6 N–H and O–H groups in total. The lowest BCUT2D eigenvalue weighted by atomic mass is 9.93. The lowest BCUT2D eigenvalue weighted by Crippen LogP contribution is -2.26. The summed E-state index contributed by atoms with van der Waals surface area (Å²) in [4.78, 5) is 43.5. The van der Waals surface area contributed by atoms with E-state index in [0.29, 0.717) is 11.3 Å². The number of hydrogen-bond acceptors (Lipinski definition) is 6. The van der Waals surface area contributed by atoms with Crippen LogP contribution in [0.2, 0.25) is 0 Å². The van der Waals surface area contributed by atoms with E-state index in [1.807, 2.05) is 0 Å². The molecular weight excluding hydrogens is 330 g/mol. The molecule has 116 valence electrons. The zero-order valence-electron chi connectivity index (χ0n) is 10.0. The average molecular weight is 340 g/mol. The molecule has 0 aliphatic carbocycles. The van der Waals surface area contributed by atoms with Crippen molar-refractivity contribution in [3.63, 3.8) is 0 Å². The Morgan fingerprint density at radius 1 is 0.905 bits per heavy atom. The molecule has 0 radical (unpaired) electrons. The molecule has 0 aliphatic rings. The zero-order chi connectivity index (χ0) is 15.6. The van der Waals surface area contributed by atoms with Gasteiger partial charge in [-0.2, -0.15) is 0 Å². The van der Waals surface area contributed by atoms with Crippen LogP contribution in [0.5, 0.6) is 0 Å². The van der Waals surface area contributed by atoms with Gasteiger partial charge in [0.25, 0.3) is 0 Å². The Morgan fingerprint density at radius 3 is 1.62 bits per heavy atom. The van der Waals surface area contributed by atoms with Crippen LogP contribution in [0.15, 0.2) is 5.38 Å². The number of carboxylic acids is 4. The van der Waals surface area contributed by atoms with Crippen molar-refractivity contribution in [1.82, 2.24) is 0 Å². The molecule has 21 heavy (non-hydrogen) atoms. The summed E-state index contributed by atoms with van der Waals surface area (Å²) >= 11 is 0.591. The third-order valence-corrected chi connectivity index (χ3v) is 3.51. The van der Waals surface area contributed by atoms with E-state index in [9.17, 15) is 19.2 Å². The predicted molar refractivity (Wildman–Crippen MR) is 72.0 cm³/mol. The van der Waals surface area contributed by atoms with Gasteiger partial charge in [0.2, 0.25) is 0 Å². The first-order chi connectivity index (χ1) is 9.18. The molecule has 0 saturated carbocycles. The van der Waals surface area contributed by atoms with Gasteiger partial charge in [-0.3, -0.25) is 19.2 Å². The minimum Gasteiger partial charge on any atom is -0.480 e. The molecule has 11 heteroatoms. The van der Waals surface area contributed by atoms with Crippen molar-refractivity contribution in [2.24, 2.45) is 0 Å². The molecule has 0 unspecified atom stereocenters. The predicted octanol–water partition coefficient (Wildman–Crippen LogP) is 0.258. The van der Waals surface area contributed by atoms with Crippen molar-refractivity contribution in [3.8, 4) is 0 Å². The van der Waals surface area contributed by atoms with E-state index in [-0.39, 0.29) is 18.1 Å². The van der Waals surface area contributed by atoms with E-state index >= 15 is 0 Å². The number of hydrogen-bond donors (Lipinski definition) is 5. The van der Waals surface area contributed by atoms with Gasteiger partial charge in [-0.05, 0) is 0 Å². The highest BCUT2D eigenvalue weighted by molar-refractivity contribution is 7.11. The normalized spacial score (nSPS) is 10.2. The van der Waals surface area contributed by atoms with Crippen LogP contribution in [0.1, 0.15) is 22.3 Å². The smallest absolute Gasteiger partial charge is 0.323 e. The molecule has 0 aromatic carbocycles. The van der Waals surface area contributed by atoms with Crippen LogP contribution < -0.4 is 5.73 Å². The monoisotopic (exact) mass is 339 g/mol. The Labute approximate surface area is 127 Å². The Balaban J connectivity index is 0.00000400. The number of thiophene rings is 1. The maximum Gasteiger partial charge on any atom is 0.323 e. The van der Waals surface area contributed by atoms with E-state index in [1.54, 1.807) is 0 Å². The largest absolute Gasteiger partial charge is 0.480 e. The molecule has 0 bridgehead atoms. The van der Waals surface area contributed by atoms with Crippen molar-refractivity contribution in [2.75, 3.05) is 5.73 Å². The number of anilines is 1. The third-order valence-electron chi connectivity index (χ3n) is 2.43. The van der Waals surface area contributed by atoms with E-state index in [0.717, 1.165) is 5.38 Å². The van der Waals surface area contributed by atoms with Gasteiger partial charge >= 0.3 is 23.9 Å². The summed E-state index contributed by atoms with van der Waals surface area (Å²) in [7, 11) is 0. The maximum absolute atomic E-state index is 11.0. The zero-order valence-corrected chi connectivity index (χ0v) is 11.7. The van der Waals surface area contributed by atoms with Crippen LogP contribution in [0.4, 0.5) is 5.69 Å². The third kappa shape index (κ3) is 3.61. The number of halogens is 1. The second-order valence-corrected chi connectivity index (χ2v) is 4.60. The summed E-state index contributed by atoms with van der Waals surface area (Å²) in [6.45, 7) is 0. The fourth-order valence-electron chi connectivity index (χ4n) is 1.61. The highest BCUT2D eigenvalue weighted by Crippen LogP contribution is 2.37. The van der Waals surface area contributed by atoms with E-state index in [1.165, 1.54) is 0 Å². The van der Waals surface area contributed by atoms with E-state index < -0.39 is 46.2 Å². The number of carboxylic acid groups (broad SMARTS) is 4. The van der Waals surface area contributed by atoms with Gasteiger partial charge < -0.3 is 26.2 Å². The number of nitrogens with two attached hydrogens (primary N) is 1. The molecule has 1 heterocycles. The maximum atomic E-state index is 11.0. The van der Waals surface area contributed by atoms with Crippen LogP contribution in [-0.4, -0.2) is 44.3 Å². The van der Waals surface area contributed by atoms with Gasteiger partial charge in [-0.15, -0.1) is 23.7 Å². The van der Waals surface area contributed by atoms with Crippen LogP contribution in [0, 0.1) is 0 Å². The summed E-state index contributed by atoms with van der Waals surface area (Å²) in [5.74, 6) is -11.2. The molecule has 1 aromatic rings. The lowest BCUT2D eigenvalue weighted by Gasteiger charge is -2.13. The minimum atomic E-state index is -2.13. The fraction of sp³-hybridized carbons (Fsp3) is 0.200. The van der Waals surface area contributed by atoms with Crippen LogP contribution in [-0.2, 0) is 19.2 Å². The average Bonchev–Trinajstić information content (AvgIpc) is 2.60. The minimum absolute atomic E-state index is 0. The standard InChI is InChI=1S/C10H9NO8S.ClH/c11-2-1-20-6(5(9(16)17)10(18)19)3(2)4(7(12)13)8(14)15;/h1,4-5H,11H2,(H,12,13)(H,14,15)(H,16,17)(H,18,19);1H.